The molecule has 6 heteroatoms. The summed E-state index contributed by atoms with van der Waals surface area (Å²) in [5, 5.41) is 6.78. The summed E-state index contributed by atoms with van der Waals surface area (Å²) in [7, 11) is 0. The first-order valence-corrected chi connectivity index (χ1v) is 7.26. The van der Waals surface area contributed by atoms with Crippen LogP contribution in [0.4, 0.5) is 17.1 Å². The van der Waals surface area contributed by atoms with E-state index in [1.165, 1.54) is 0 Å². The lowest BCUT2D eigenvalue weighted by Gasteiger charge is -2.10. The molecule has 0 bridgehead atoms. The second kappa shape index (κ2) is 5.44. The maximum Gasteiger partial charge on any atom is 0.175 e. The molecule has 0 aliphatic carbocycles. The van der Waals surface area contributed by atoms with Crippen molar-refractivity contribution in [2.75, 3.05) is 16.4 Å². The molecule has 0 atom stereocenters. The Balaban J connectivity index is 1.70. The van der Waals surface area contributed by atoms with Crippen LogP contribution in [0.1, 0.15) is 0 Å². The van der Waals surface area contributed by atoms with Gasteiger partial charge in [0.2, 0.25) is 0 Å². The normalized spacial score (nSPS) is 10.4. The number of nitrogens with one attached hydrogen (secondary N) is 2. The Kier molecular flexibility index (Phi) is 3.49. The molecule has 0 saturated carbocycles. The van der Waals surface area contributed by atoms with Gasteiger partial charge < -0.3 is 16.4 Å². The zero-order chi connectivity index (χ0) is 13.9. The third kappa shape index (κ3) is 2.87. The van der Waals surface area contributed by atoms with Gasteiger partial charge in [0.05, 0.1) is 15.7 Å². The first-order chi connectivity index (χ1) is 9.70. The molecule has 4 nitrogen and oxygen atoms in total. The van der Waals surface area contributed by atoms with Crippen LogP contribution in [0.2, 0.25) is 0 Å². The average Bonchev–Trinajstić information content (AvgIpc) is 2.89. The summed E-state index contributed by atoms with van der Waals surface area (Å²) in [5.41, 5.74) is 11.0. The highest BCUT2D eigenvalue weighted by molar-refractivity contribution is 7.80. The minimum atomic E-state index is 0.532. The minimum absolute atomic E-state index is 0.532. The van der Waals surface area contributed by atoms with Crippen LogP contribution >= 0.6 is 23.6 Å². The van der Waals surface area contributed by atoms with E-state index in [0.717, 1.165) is 27.3 Å². The largest absolute Gasteiger partial charge is 0.399 e. The van der Waals surface area contributed by atoms with E-state index in [2.05, 4.69) is 15.6 Å². The predicted molar refractivity (Wildman–Crippen MR) is 90.3 cm³/mol. The number of benzene rings is 2. The van der Waals surface area contributed by atoms with E-state index >= 15 is 0 Å². The molecule has 100 valence electrons. The Morgan fingerprint density at radius 3 is 2.55 bits per heavy atom. The van der Waals surface area contributed by atoms with Gasteiger partial charge in [0.25, 0.3) is 0 Å². The molecule has 1 aromatic heterocycles. The number of anilines is 3. The number of aromatic nitrogens is 1. The van der Waals surface area contributed by atoms with E-state index in [1.807, 2.05) is 48.0 Å². The van der Waals surface area contributed by atoms with Gasteiger partial charge in [-0.05, 0) is 54.7 Å². The molecule has 20 heavy (non-hydrogen) atoms. The summed E-state index contributed by atoms with van der Waals surface area (Å²) < 4.78 is 1.16. The first kappa shape index (κ1) is 12.8. The van der Waals surface area contributed by atoms with Crippen LogP contribution in [0.15, 0.2) is 48.0 Å². The number of hydrogen-bond donors (Lipinski definition) is 3. The van der Waals surface area contributed by atoms with Gasteiger partial charge in [-0.25, -0.2) is 4.98 Å². The standard InChI is InChI=1S/C14H12N4S2/c15-9-1-3-10(4-2-9)17-14(19)18-11-5-6-13-12(7-11)16-8-20-13/h1-8H,15H2,(H2,17,18,19). The monoisotopic (exact) mass is 300 g/mol. The number of nitrogen functional groups attached to an aromatic ring is 1. The highest BCUT2D eigenvalue weighted by Gasteiger charge is 2.02. The molecule has 2 aromatic carbocycles. The van der Waals surface area contributed by atoms with Crippen LogP contribution in [0.25, 0.3) is 10.2 Å². The number of rotatable bonds is 2. The molecule has 0 saturated heterocycles. The third-order valence-electron chi connectivity index (χ3n) is 2.76. The van der Waals surface area contributed by atoms with E-state index in [1.54, 1.807) is 11.3 Å². The number of nitrogens with two attached hydrogens (primary N) is 1. The molecule has 4 N–H and O–H groups in total. The molecule has 0 fully saturated rings. The van der Waals surface area contributed by atoms with E-state index in [-0.39, 0.29) is 0 Å². The number of nitrogens with zero attached hydrogens (tertiary/aromatic N) is 1. The summed E-state index contributed by atoms with van der Waals surface area (Å²) in [6.45, 7) is 0. The summed E-state index contributed by atoms with van der Waals surface area (Å²) in [6.07, 6.45) is 0. The van der Waals surface area contributed by atoms with Crippen molar-refractivity contribution < 1.29 is 0 Å². The van der Waals surface area contributed by atoms with Crippen molar-refractivity contribution >= 4 is 55.9 Å². The fourth-order valence-corrected chi connectivity index (χ4v) is 2.69. The lowest BCUT2D eigenvalue weighted by molar-refractivity contribution is 1.50. The van der Waals surface area contributed by atoms with Crippen LogP contribution in [-0.2, 0) is 0 Å². The quantitative estimate of drug-likeness (QED) is 0.498. The molecule has 3 rings (SSSR count). The Morgan fingerprint density at radius 2 is 1.75 bits per heavy atom. The van der Waals surface area contributed by atoms with Crippen molar-refractivity contribution in [2.24, 2.45) is 0 Å². The van der Waals surface area contributed by atoms with E-state index in [0.29, 0.717) is 5.11 Å². The van der Waals surface area contributed by atoms with Crippen LogP contribution in [-0.4, -0.2) is 10.1 Å². The van der Waals surface area contributed by atoms with E-state index < -0.39 is 0 Å². The van der Waals surface area contributed by atoms with Crippen molar-refractivity contribution in [2.45, 2.75) is 0 Å². The lowest BCUT2D eigenvalue weighted by atomic mass is 10.3. The van der Waals surface area contributed by atoms with Gasteiger partial charge in [-0.3, -0.25) is 0 Å². The first-order valence-electron chi connectivity index (χ1n) is 5.97. The van der Waals surface area contributed by atoms with Crippen molar-refractivity contribution in [1.82, 2.24) is 4.98 Å². The average molecular weight is 300 g/mol. The van der Waals surface area contributed by atoms with Gasteiger partial charge in [0, 0.05) is 17.1 Å². The molecule has 0 aliphatic heterocycles. The van der Waals surface area contributed by atoms with Gasteiger partial charge >= 0.3 is 0 Å². The molecule has 0 radical (unpaired) electrons. The zero-order valence-corrected chi connectivity index (χ0v) is 12.1. The van der Waals surface area contributed by atoms with Crippen LogP contribution in [0.3, 0.4) is 0 Å². The Bertz CT molecular complexity index is 749. The number of thiazole rings is 1. The molecule has 0 amide bonds. The molecule has 1 heterocycles. The predicted octanol–water partition coefficient (Wildman–Crippen LogP) is 3.69. The summed E-state index contributed by atoms with van der Waals surface area (Å²) in [4.78, 5) is 4.28. The lowest BCUT2D eigenvalue weighted by Crippen LogP contribution is -2.18. The molecular formula is C14H12N4S2. The Hall–Kier alpha value is -2.18. The van der Waals surface area contributed by atoms with Gasteiger partial charge in [-0.2, -0.15) is 0 Å². The van der Waals surface area contributed by atoms with Crippen LogP contribution < -0.4 is 16.4 Å². The van der Waals surface area contributed by atoms with Crippen LogP contribution in [0, 0.1) is 0 Å². The SMILES string of the molecule is Nc1ccc(NC(=S)Nc2ccc3scnc3c2)cc1. The summed E-state index contributed by atoms with van der Waals surface area (Å²) in [6, 6.07) is 13.4. The maximum absolute atomic E-state index is 5.64. The summed E-state index contributed by atoms with van der Waals surface area (Å²) in [5.74, 6) is 0. The molecule has 0 spiro atoms. The van der Waals surface area contributed by atoms with Gasteiger partial charge in [-0.1, -0.05) is 0 Å². The van der Waals surface area contributed by atoms with Crippen molar-refractivity contribution in [3.8, 4) is 0 Å². The van der Waals surface area contributed by atoms with Gasteiger partial charge in [-0.15, -0.1) is 11.3 Å². The smallest absolute Gasteiger partial charge is 0.175 e. The van der Waals surface area contributed by atoms with Gasteiger partial charge in [0.15, 0.2) is 5.11 Å². The fourth-order valence-electron chi connectivity index (χ4n) is 1.80. The molecule has 0 aliphatic rings. The zero-order valence-electron chi connectivity index (χ0n) is 10.5. The number of thiocarbonyl (C=S) groups is 1. The maximum atomic E-state index is 5.64. The highest BCUT2D eigenvalue weighted by Crippen LogP contribution is 2.21. The van der Waals surface area contributed by atoms with Crippen molar-refractivity contribution in [1.29, 1.82) is 0 Å². The molecule has 0 unspecified atom stereocenters. The molecular weight excluding hydrogens is 288 g/mol. The fraction of sp³-hybridized carbons (Fsp3) is 0. The second-order valence-corrected chi connectivity index (χ2v) is 5.53. The minimum Gasteiger partial charge on any atom is -0.399 e. The van der Waals surface area contributed by atoms with Crippen molar-refractivity contribution in [3.05, 3.63) is 48.0 Å². The topological polar surface area (TPSA) is 63.0 Å². The van der Waals surface area contributed by atoms with Gasteiger partial charge in [0.1, 0.15) is 0 Å². The Labute approximate surface area is 125 Å². The van der Waals surface area contributed by atoms with Crippen LogP contribution in [0.5, 0.6) is 0 Å². The number of hydrogen-bond acceptors (Lipinski definition) is 4. The van der Waals surface area contributed by atoms with E-state index in [9.17, 15) is 0 Å². The molecule has 3 aromatic rings. The second-order valence-electron chi connectivity index (χ2n) is 4.24. The van der Waals surface area contributed by atoms with Crippen molar-refractivity contribution in [3.63, 3.8) is 0 Å². The van der Waals surface area contributed by atoms with E-state index in [4.69, 9.17) is 18.0 Å². The summed E-state index contributed by atoms with van der Waals surface area (Å²) >= 11 is 6.90. The Morgan fingerprint density at radius 1 is 1.05 bits per heavy atom. The highest BCUT2D eigenvalue weighted by atomic mass is 32.1. The third-order valence-corrected chi connectivity index (χ3v) is 3.77. The number of fused-ring (bicyclic) bond motifs is 1.